The van der Waals surface area contributed by atoms with E-state index >= 15 is 0 Å². The van der Waals surface area contributed by atoms with Crippen LogP contribution in [0.5, 0.6) is 11.5 Å². The van der Waals surface area contributed by atoms with Crippen molar-refractivity contribution < 1.29 is 18.3 Å². The highest BCUT2D eigenvalue weighted by molar-refractivity contribution is 6.35. The topological polar surface area (TPSA) is 37.8 Å². The lowest BCUT2D eigenvalue weighted by atomic mass is 10.0. The van der Waals surface area contributed by atoms with Gasteiger partial charge < -0.3 is 14.4 Å². The van der Waals surface area contributed by atoms with E-state index in [4.69, 9.17) is 26.1 Å². The summed E-state index contributed by atoms with van der Waals surface area (Å²) in [7, 11) is 1.62. The summed E-state index contributed by atoms with van der Waals surface area (Å²) in [6.07, 6.45) is -2.35. The quantitative estimate of drug-likeness (QED) is 0.407. The minimum absolute atomic E-state index is 0.0106. The van der Waals surface area contributed by atoms with Gasteiger partial charge in [-0.3, -0.25) is 4.90 Å². The van der Waals surface area contributed by atoms with Gasteiger partial charge in [0.2, 0.25) is 0 Å². The Hall–Kier alpha value is -2.64. The number of hydrogen-bond acceptors (Lipinski definition) is 5. The number of alkyl halides is 2. The first-order valence-electron chi connectivity index (χ1n) is 11.1. The van der Waals surface area contributed by atoms with Gasteiger partial charge in [0.25, 0.3) is 6.43 Å². The number of nitrogens with zero attached hydrogens (tertiary/aromatic N) is 3. The Kier molecular flexibility index (Phi) is 7.20. The zero-order chi connectivity index (χ0) is 23.5. The molecule has 1 aliphatic heterocycles. The second-order valence-electron chi connectivity index (χ2n) is 8.35. The first kappa shape index (κ1) is 23.5. The van der Waals surface area contributed by atoms with Crippen molar-refractivity contribution in [1.82, 2.24) is 9.88 Å². The normalized spacial score (nSPS) is 15.0. The molecule has 0 N–H and O–H groups in total. The van der Waals surface area contributed by atoms with Crippen LogP contribution < -0.4 is 14.4 Å². The molecule has 176 valence electrons. The van der Waals surface area contributed by atoms with Gasteiger partial charge in [-0.2, -0.15) is 0 Å². The summed E-state index contributed by atoms with van der Waals surface area (Å²) in [5, 5.41) is 2.11. The predicted octanol–water partition coefficient (Wildman–Crippen LogP) is 5.74. The molecule has 0 atom stereocenters. The van der Waals surface area contributed by atoms with Crippen LogP contribution in [0.4, 0.5) is 14.5 Å². The molecule has 2 aromatic carbocycles. The molecule has 8 heteroatoms. The van der Waals surface area contributed by atoms with Gasteiger partial charge in [-0.05, 0) is 44.2 Å². The van der Waals surface area contributed by atoms with Crippen molar-refractivity contribution in [2.75, 3.05) is 44.7 Å². The molecule has 0 bridgehead atoms. The fourth-order valence-electron chi connectivity index (χ4n) is 4.24. The van der Waals surface area contributed by atoms with E-state index in [-0.39, 0.29) is 12.6 Å². The Bertz CT molecular complexity index is 1120. The van der Waals surface area contributed by atoms with Gasteiger partial charge in [0.15, 0.2) is 0 Å². The van der Waals surface area contributed by atoms with E-state index in [1.807, 2.05) is 56.3 Å². The number of pyridine rings is 1. The maximum atomic E-state index is 12.9. The third kappa shape index (κ3) is 5.14. The highest BCUT2D eigenvalue weighted by atomic mass is 35.5. The van der Waals surface area contributed by atoms with E-state index in [1.54, 1.807) is 12.0 Å². The number of methoxy groups -OCH3 is 1. The maximum Gasteiger partial charge on any atom is 0.251 e. The molecule has 4 rings (SSSR count). The van der Waals surface area contributed by atoms with Gasteiger partial charge in [0.05, 0.1) is 31.1 Å². The van der Waals surface area contributed by atoms with E-state index in [0.717, 1.165) is 27.8 Å². The maximum absolute atomic E-state index is 12.9. The number of fused-ring (bicyclic) bond motifs is 1. The Morgan fingerprint density at radius 2 is 1.76 bits per heavy atom. The fraction of sp³-hybridized carbons (Fsp3) is 0.400. The lowest BCUT2D eigenvalue weighted by molar-refractivity contribution is 0.0854. The predicted molar refractivity (Wildman–Crippen MR) is 129 cm³/mol. The summed E-state index contributed by atoms with van der Waals surface area (Å²) in [5.41, 5.74) is 2.45. The smallest absolute Gasteiger partial charge is 0.251 e. The number of aromatic nitrogens is 1. The molecule has 0 saturated carbocycles. The Balaban J connectivity index is 1.87. The number of ether oxygens (including phenoxy) is 2. The summed E-state index contributed by atoms with van der Waals surface area (Å²) >= 11 is 6.65. The molecule has 3 aromatic rings. The minimum Gasteiger partial charge on any atom is -0.497 e. The molecule has 2 heterocycles. The number of piperazine rings is 1. The second kappa shape index (κ2) is 10.1. The highest BCUT2D eigenvalue weighted by Crippen LogP contribution is 2.43. The Labute approximate surface area is 197 Å². The Morgan fingerprint density at radius 1 is 1.03 bits per heavy atom. The van der Waals surface area contributed by atoms with Crippen LogP contribution in [-0.4, -0.2) is 62.2 Å². The van der Waals surface area contributed by atoms with Crippen LogP contribution in [0.25, 0.3) is 22.0 Å². The number of anilines is 1. The number of halogens is 3. The number of hydrogen-bond donors (Lipinski definition) is 0. The number of rotatable bonds is 7. The lowest BCUT2D eigenvalue weighted by Crippen LogP contribution is -2.48. The zero-order valence-electron chi connectivity index (χ0n) is 19.0. The van der Waals surface area contributed by atoms with E-state index in [1.165, 1.54) is 0 Å². The van der Waals surface area contributed by atoms with Crippen molar-refractivity contribution in [3.8, 4) is 22.8 Å². The van der Waals surface area contributed by atoms with Crippen molar-refractivity contribution in [3.63, 3.8) is 0 Å². The van der Waals surface area contributed by atoms with Gasteiger partial charge >= 0.3 is 0 Å². The van der Waals surface area contributed by atoms with Crippen molar-refractivity contribution in [3.05, 3.63) is 47.6 Å². The standard InChI is InChI=1S/C25H28ClF2N3O2/c1-16(2)33-21-7-5-4-6-19(21)23-24(31-12-10-30(11-13-31)15-22(27)28)20-14-17(32-3)8-9-18(20)25(26)29-23/h4-9,14,16,22H,10-13,15H2,1-3H3. The van der Waals surface area contributed by atoms with Crippen LogP contribution in [0.2, 0.25) is 5.15 Å². The molecule has 0 radical (unpaired) electrons. The molecule has 1 saturated heterocycles. The Morgan fingerprint density at radius 3 is 2.42 bits per heavy atom. The SMILES string of the molecule is COc1ccc2c(Cl)nc(-c3ccccc3OC(C)C)c(N3CCN(CC(F)F)CC3)c2c1. The molecular formula is C25H28ClF2N3O2. The first-order chi connectivity index (χ1) is 15.9. The first-order valence-corrected chi connectivity index (χ1v) is 11.4. The average Bonchev–Trinajstić information content (AvgIpc) is 2.79. The van der Waals surface area contributed by atoms with Gasteiger partial charge in [-0.25, -0.2) is 13.8 Å². The summed E-state index contributed by atoms with van der Waals surface area (Å²) < 4.78 is 37.4. The van der Waals surface area contributed by atoms with Crippen LogP contribution in [0.1, 0.15) is 13.8 Å². The van der Waals surface area contributed by atoms with Crippen molar-refractivity contribution >= 4 is 28.1 Å². The van der Waals surface area contributed by atoms with Crippen LogP contribution >= 0.6 is 11.6 Å². The average molecular weight is 476 g/mol. The number of para-hydroxylation sites is 1. The molecular weight excluding hydrogens is 448 g/mol. The summed E-state index contributed by atoms with van der Waals surface area (Å²) in [5.74, 6) is 1.43. The monoisotopic (exact) mass is 475 g/mol. The molecule has 1 aliphatic rings. The third-order valence-electron chi connectivity index (χ3n) is 5.73. The molecule has 33 heavy (non-hydrogen) atoms. The van der Waals surface area contributed by atoms with E-state index < -0.39 is 6.43 Å². The van der Waals surface area contributed by atoms with Crippen LogP contribution in [0.15, 0.2) is 42.5 Å². The summed E-state index contributed by atoms with van der Waals surface area (Å²) in [4.78, 5) is 8.80. The van der Waals surface area contributed by atoms with Crippen molar-refractivity contribution in [2.45, 2.75) is 26.4 Å². The van der Waals surface area contributed by atoms with Crippen LogP contribution in [0, 0.1) is 0 Å². The van der Waals surface area contributed by atoms with E-state index in [0.29, 0.717) is 42.8 Å². The molecule has 0 unspecified atom stereocenters. The van der Waals surface area contributed by atoms with Crippen molar-refractivity contribution in [1.29, 1.82) is 0 Å². The van der Waals surface area contributed by atoms with Crippen LogP contribution in [0.3, 0.4) is 0 Å². The van der Waals surface area contributed by atoms with E-state index in [9.17, 15) is 8.78 Å². The van der Waals surface area contributed by atoms with E-state index in [2.05, 4.69) is 4.90 Å². The molecule has 0 amide bonds. The summed E-state index contributed by atoms with van der Waals surface area (Å²) in [6, 6.07) is 13.5. The fourth-order valence-corrected chi connectivity index (χ4v) is 4.49. The second-order valence-corrected chi connectivity index (χ2v) is 8.71. The van der Waals surface area contributed by atoms with Gasteiger partial charge in [0.1, 0.15) is 16.7 Å². The third-order valence-corrected chi connectivity index (χ3v) is 6.02. The zero-order valence-corrected chi connectivity index (χ0v) is 19.8. The highest BCUT2D eigenvalue weighted by Gasteiger charge is 2.26. The van der Waals surface area contributed by atoms with Crippen LogP contribution in [-0.2, 0) is 0 Å². The summed E-state index contributed by atoms with van der Waals surface area (Å²) in [6.45, 7) is 6.03. The largest absolute Gasteiger partial charge is 0.497 e. The van der Waals surface area contributed by atoms with Gasteiger partial charge in [-0.15, -0.1) is 0 Å². The lowest BCUT2D eigenvalue weighted by Gasteiger charge is -2.37. The molecule has 1 fully saturated rings. The molecule has 5 nitrogen and oxygen atoms in total. The molecule has 0 spiro atoms. The van der Waals surface area contributed by atoms with Gasteiger partial charge in [-0.1, -0.05) is 23.7 Å². The van der Waals surface area contributed by atoms with Gasteiger partial charge in [0, 0.05) is 42.5 Å². The number of benzene rings is 2. The minimum atomic E-state index is -2.34. The molecule has 1 aromatic heterocycles. The molecule has 0 aliphatic carbocycles. The van der Waals surface area contributed by atoms with Crippen molar-refractivity contribution in [2.24, 2.45) is 0 Å².